The molecule has 0 aromatic heterocycles. The van der Waals surface area contributed by atoms with Crippen LogP contribution in [0.1, 0.15) is 25.7 Å². The quantitative estimate of drug-likeness (QED) is 0.501. The summed E-state index contributed by atoms with van der Waals surface area (Å²) in [6, 6.07) is 0. The molecule has 0 aliphatic heterocycles. The summed E-state index contributed by atoms with van der Waals surface area (Å²) >= 11 is 1.50. The van der Waals surface area contributed by atoms with E-state index >= 15 is 0 Å². The number of hydrogen-bond donors (Lipinski definition) is 1. The summed E-state index contributed by atoms with van der Waals surface area (Å²) < 4.78 is 0. The van der Waals surface area contributed by atoms with Crippen LogP contribution < -0.4 is 0 Å². The van der Waals surface area contributed by atoms with Gasteiger partial charge in [-0.25, -0.2) is 0 Å². The minimum absolute atomic E-state index is 0.0318. The van der Waals surface area contributed by atoms with E-state index in [0.717, 1.165) is 5.21 Å². The van der Waals surface area contributed by atoms with Crippen LogP contribution in [0, 0.1) is 0 Å². The molecule has 1 atom stereocenters. The van der Waals surface area contributed by atoms with Crippen LogP contribution in [0.15, 0.2) is 0 Å². The van der Waals surface area contributed by atoms with Crippen molar-refractivity contribution in [1.29, 1.82) is 0 Å². The van der Waals surface area contributed by atoms with Gasteiger partial charge in [0.05, 0.1) is 0 Å². The van der Waals surface area contributed by atoms with E-state index in [1.165, 1.54) is 16.9 Å². The van der Waals surface area contributed by atoms with Crippen molar-refractivity contribution >= 4 is 34.4 Å². The molecule has 0 amide bonds. The minimum atomic E-state index is -1.41. The molecule has 74 valence electrons. The van der Waals surface area contributed by atoms with Gasteiger partial charge in [0.2, 0.25) is 0 Å². The van der Waals surface area contributed by atoms with Crippen LogP contribution in [0.25, 0.3) is 0 Å². The van der Waals surface area contributed by atoms with E-state index in [4.69, 9.17) is 5.11 Å². The first-order chi connectivity index (χ1) is 6.07. The van der Waals surface area contributed by atoms with E-state index in [9.17, 15) is 14.4 Å². The van der Waals surface area contributed by atoms with Gasteiger partial charge in [-0.15, -0.1) is 0 Å². The van der Waals surface area contributed by atoms with Crippen LogP contribution in [-0.2, 0) is 14.4 Å². The predicted molar refractivity (Wildman–Crippen MR) is 49.5 cm³/mol. The molecule has 0 heterocycles. The summed E-state index contributed by atoms with van der Waals surface area (Å²) in [5.41, 5.74) is 0. The first-order valence-electron chi connectivity index (χ1n) is 4.05. The van der Waals surface area contributed by atoms with E-state index in [2.05, 4.69) is 0 Å². The molecule has 0 aliphatic carbocycles. The summed E-state index contributed by atoms with van der Waals surface area (Å²) in [7, 11) is 0. The number of carbonyl (C=O) groups is 3. The third-order valence-corrected chi connectivity index (χ3v) is 2.13. The number of carbonyl (C=O) groups excluding carboxylic acids is 2. The van der Waals surface area contributed by atoms with Gasteiger partial charge in [-0.2, -0.15) is 0 Å². The van der Waals surface area contributed by atoms with Crippen molar-refractivity contribution in [2.75, 3.05) is 0 Å². The maximum absolute atomic E-state index is 10.9. The molecular formula is C8H13AsO4. The van der Waals surface area contributed by atoms with Crippen molar-refractivity contribution < 1.29 is 19.5 Å². The van der Waals surface area contributed by atoms with Crippen molar-refractivity contribution in [3.63, 3.8) is 0 Å². The zero-order chi connectivity index (χ0) is 10.3. The average Bonchev–Trinajstić information content (AvgIpc) is 2.04. The topological polar surface area (TPSA) is 71.4 Å². The van der Waals surface area contributed by atoms with Crippen LogP contribution in [0.3, 0.4) is 0 Å². The Labute approximate surface area is 85.2 Å². The second kappa shape index (κ2) is 6.84. The molecule has 0 aliphatic rings. The molecule has 0 spiro atoms. The van der Waals surface area contributed by atoms with Crippen molar-refractivity contribution in [1.82, 2.24) is 0 Å². The Balaban J connectivity index is 3.50. The normalized spacial score (nSPS) is 9.62. The molecule has 1 unspecified atom stereocenters. The third-order valence-electron chi connectivity index (χ3n) is 1.52. The number of ketones is 2. The fourth-order valence-electron chi connectivity index (χ4n) is 0.839. The van der Waals surface area contributed by atoms with Gasteiger partial charge in [0.25, 0.3) is 0 Å². The second-order valence-electron chi connectivity index (χ2n) is 2.66. The second-order valence-corrected chi connectivity index (χ2v) is 3.87. The molecule has 5 heteroatoms. The summed E-state index contributed by atoms with van der Waals surface area (Å²) in [6.45, 7) is 0. The summed E-state index contributed by atoms with van der Waals surface area (Å²) in [5.74, 6) is -2.11. The Kier molecular flexibility index (Phi) is 6.51. The number of aliphatic carboxylic acids is 1. The van der Waals surface area contributed by atoms with E-state index in [-0.39, 0.29) is 12.2 Å². The Hall–Kier alpha value is -0.632. The van der Waals surface area contributed by atoms with Gasteiger partial charge in [0.15, 0.2) is 0 Å². The van der Waals surface area contributed by atoms with Gasteiger partial charge in [-0.05, 0) is 0 Å². The molecule has 0 bridgehead atoms. The van der Waals surface area contributed by atoms with Gasteiger partial charge < -0.3 is 0 Å². The molecule has 0 fully saturated rings. The van der Waals surface area contributed by atoms with E-state index < -0.39 is 11.8 Å². The molecule has 4 nitrogen and oxygen atoms in total. The molecule has 0 radical (unpaired) electrons. The Morgan fingerprint density at radius 2 is 1.69 bits per heavy atom. The predicted octanol–water partition coefficient (Wildman–Crippen LogP) is -0.179. The number of Topliss-reactive ketones (excluding diaryl/α,β-unsaturated/α-hetero) is 2. The fraction of sp³-hybridized carbons (Fsp3) is 0.625. The first kappa shape index (κ1) is 12.4. The Morgan fingerprint density at radius 1 is 1.08 bits per heavy atom. The van der Waals surface area contributed by atoms with Crippen molar-refractivity contribution in [2.24, 2.45) is 0 Å². The van der Waals surface area contributed by atoms with E-state index in [0.29, 0.717) is 19.3 Å². The van der Waals surface area contributed by atoms with Gasteiger partial charge in [-0.1, -0.05) is 0 Å². The standard InChI is InChI=1S/C8H13AsO4/c9-5-4-6(10)2-1-3-7(11)8(12)13/h1-5,9H2,(H,12,13). The zero-order valence-electron chi connectivity index (χ0n) is 7.28. The maximum atomic E-state index is 10.9. The average molecular weight is 248 g/mol. The van der Waals surface area contributed by atoms with E-state index in [1.807, 2.05) is 0 Å². The van der Waals surface area contributed by atoms with E-state index in [1.54, 1.807) is 0 Å². The third kappa shape index (κ3) is 6.52. The van der Waals surface area contributed by atoms with Crippen molar-refractivity contribution in [3.8, 4) is 0 Å². The van der Waals surface area contributed by atoms with Crippen LogP contribution >= 0.6 is 0 Å². The summed E-state index contributed by atoms with van der Waals surface area (Å²) in [5, 5.41) is 9.08. The SMILES string of the molecule is O=C(CC[AsH2])CCCC(=O)C(=O)O. The van der Waals surface area contributed by atoms with Crippen molar-refractivity contribution in [2.45, 2.75) is 30.9 Å². The van der Waals surface area contributed by atoms with Gasteiger partial charge in [0, 0.05) is 0 Å². The van der Waals surface area contributed by atoms with Gasteiger partial charge in [-0.3, -0.25) is 0 Å². The summed E-state index contributed by atoms with van der Waals surface area (Å²) in [4.78, 5) is 31.6. The fourth-order valence-corrected chi connectivity index (χ4v) is 1.51. The number of rotatable bonds is 7. The van der Waals surface area contributed by atoms with Crippen LogP contribution in [0.2, 0.25) is 5.21 Å². The number of carboxylic acid groups (broad SMARTS) is 1. The van der Waals surface area contributed by atoms with Gasteiger partial charge in [0.1, 0.15) is 0 Å². The van der Waals surface area contributed by atoms with Crippen LogP contribution in [0.4, 0.5) is 0 Å². The molecule has 0 saturated carbocycles. The Morgan fingerprint density at radius 3 is 2.15 bits per heavy atom. The molecule has 0 aromatic rings. The molecule has 1 N–H and O–H groups in total. The molecule has 0 aromatic carbocycles. The molecule has 0 saturated heterocycles. The first-order valence-corrected chi connectivity index (χ1v) is 5.77. The molecular weight excluding hydrogens is 235 g/mol. The summed E-state index contributed by atoms with van der Waals surface area (Å²) in [6.07, 6.45) is 1.19. The van der Waals surface area contributed by atoms with Crippen LogP contribution in [0.5, 0.6) is 0 Å². The Bertz CT molecular complexity index is 212. The molecule has 13 heavy (non-hydrogen) atoms. The van der Waals surface area contributed by atoms with Gasteiger partial charge >= 0.3 is 84.8 Å². The van der Waals surface area contributed by atoms with Crippen LogP contribution in [-0.4, -0.2) is 39.5 Å². The monoisotopic (exact) mass is 248 g/mol. The number of hydrogen-bond acceptors (Lipinski definition) is 3. The zero-order valence-corrected chi connectivity index (χ0v) is 9.71. The van der Waals surface area contributed by atoms with Crippen molar-refractivity contribution in [3.05, 3.63) is 0 Å². The molecule has 0 rings (SSSR count). The number of carboxylic acids is 1.